The second-order valence-electron chi connectivity index (χ2n) is 10.4. The van der Waals surface area contributed by atoms with Gasteiger partial charge in [-0.25, -0.2) is 0 Å². The zero-order valence-electron chi connectivity index (χ0n) is 20.1. The second-order valence-corrected chi connectivity index (χ2v) is 10.4. The average molecular weight is 435 g/mol. The molecule has 2 saturated carbocycles. The molecule has 6 unspecified atom stereocenters. The Morgan fingerprint density at radius 2 is 1.81 bits per heavy atom. The number of ketones is 2. The molecule has 0 saturated heterocycles. The van der Waals surface area contributed by atoms with Crippen LogP contribution in [0.4, 0.5) is 0 Å². The van der Waals surface area contributed by atoms with E-state index >= 15 is 0 Å². The standard InChI is InChI=1S/C27H32O3.C2H6/c1-26-12-10-19(29)14-18(26)8-9-20-22(26)11-13-27(2)23(20)15-21(25(27)24(30)16-28)17-6-4-3-5-7-17;1-2/h3-7,11,14,20-21,23,25,28H,8-10,12-13,15-16H2,1-2H3;1-2H3. The maximum Gasteiger partial charge on any atom is 0.162 e. The zero-order valence-corrected chi connectivity index (χ0v) is 20.1. The third-order valence-electron chi connectivity index (χ3n) is 9.12. The maximum absolute atomic E-state index is 13.0. The van der Waals surface area contributed by atoms with E-state index in [4.69, 9.17) is 0 Å². The van der Waals surface area contributed by atoms with Gasteiger partial charge in [0.1, 0.15) is 6.61 Å². The summed E-state index contributed by atoms with van der Waals surface area (Å²) in [5.41, 5.74) is 3.98. The highest BCUT2D eigenvalue weighted by atomic mass is 16.3. The minimum atomic E-state index is -0.371. The molecule has 1 aromatic rings. The van der Waals surface area contributed by atoms with E-state index in [0.29, 0.717) is 18.3 Å². The van der Waals surface area contributed by atoms with Gasteiger partial charge in [0.15, 0.2) is 11.6 Å². The van der Waals surface area contributed by atoms with E-state index in [1.54, 1.807) is 0 Å². The zero-order chi connectivity index (χ0) is 23.1. The van der Waals surface area contributed by atoms with Gasteiger partial charge in [-0.1, -0.05) is 75.2 Å². The van der Waals surface area contributed by atoms with Crippen molar-refractivity contribution in [2.75, 3.05) is 6.61 Å². The predicted molar refractivity (Wildman–Crippen MR) is 128 cm³/mol. The summed E-state index contributed by atoms with van der Waals surface area (Å²) in [6.07, 6.45) is 9.87. The molecule has 3 heteroatoms. The monoisotopic (exact) mass is 434 g/mol. The molecule has 3 nitrogen and oxygen atoms in total. The van der Waals surface area contributed by atoms with E-state index in [2.05, 4.69) is 44.2 Å². The number of aliphatic hydroxyl groups is 1. The Morgan fingerprint density at radius 3 is 2.50 bits per heavy atom. The average Bonchev–Trinajstić information content (AvgIpc) is 3.14. The number of hydrogen-bond donors (Lipinski definition) is 1. The van der Waals surface area contributed by atoms with Crippen LogP contribution in [0.3, 0.4) is 0 Å². The first kappa shape index (κ1) is 23.2. The fourth-order valence-electron chi connectivity index (χ4n) is 7.63. The molecule has 0 aliphatic heterocycles. The summed E-state index contributed by atoms with van der Waals surface area (Å²) >= 11 is 0. The fraction of sp³-hybridized carbons (Fsp3) is 0.586. The molecule has 1 aromatic carbocycles. The van der Waals surface area contributed by atoms with E-state index in [0.717, 1.165) is 32.1 Å². The quantitative estimate of drug-likeness (QED) is 0.591. The van der Waals surface area contributed by atoms with Gasteiger partial charge in [-0.2, -0.15) is 0 Å². The number of allylic oxidation sites excluding steroid dienone is 4. The number of benzene rings is 1. The van der Waals surface area contributed by atoms with Crippen molar-refractivity contribution in [2.24, 2.45) is 28.6 Å². The summed E-state index contributed by atoms with van der Waals surface area (Å²) in [4.78, 5) is 25.1. The van der Waals surface area contributed by atoms with Gasteiger partial charge < -0.3 is 5.11 Å². The van der Waals surface area contributed by atoms with Crippen molar-refractivity contribution < 1.29 is 14.7 Å². The highest BCUT2D eigenvalue weighted by Crippen LogP contribution is 2.67. The predicted octanol–water partition coefficient (Wildman–Crippen LogP) is 6.04. The van der Waals surface area contributed by atoms with Gasteiger partial charge in [-0.3, -0.25) is 9.59 Å². The lowest BCUT2D eigenvalue weighted by Crippen LogP contribution is -2.46. The van der Waals surface area contributed by atoms with Crippen LogP contribution < -0.4 is 0 Å². The molecule has 0 aromatic heterocycles. The molecule has 5 rings (SSSR count). The largest absolute Gasteiger partial charge is 0.389 e. The number of fused-ring (bicyclic) bond motifs is 5. The third-order valence-corrected chi connectivity index (χ3v) is 9.12. The number of carbonyl (C=O) groups is 2. The van der Waals surface area contributed by atoms with E-state index < -0.39 is 0 Å². The summed E-state index contributed by atoms with van der Waals surface area (Å²) in [6.45, 7) is 8.26. The van der Waals surface area contributed by atoms with Gasteiger partial charge in [0, 0.05) is 17.8 Å². The summed E-state index contributed by atoms with van der Waals surface area (Å²) in [5, 5.41) is 9.81. The van der Waals surface area contributed by atoms with Gasteiger partial charge in [0.2, 0.25) is 0 Å². The molecule has 0 radical (unpaired) electrons. The summed E-state index contributed by atoms with van der Waals surface area (Å²) in [5.74, 6) is 1.23. The molecule has 1 N–H and O–H groups in total. The molecule has 4 aliphatic carbocycles. The summed E-state index contributed by atoms with van der Waals surface area (Å²) < 4.78 is 0. The Balaban J connectivity index is 0.00000119. The first-order valence-electron chi connectivity index (χ1n) is 12.5. The smallest absolute Gasteiger partial charge is 0.162 e. The molecule has 32 heavy (non-hydrogen) atoms. The van der Waals surface area contributed by atoms with Crippen LogP contribution in [0.25, 0.3) is 0 Å². The topological polar surface area (TPSA) is 54.4 Å². The number of Topliss-reactive ketones (excluding diaryl/α,β-unsaturated/α-hetero) is 1. The number of carbonyl (C=O) groups excluding carboxylic acids is 2. The van der Waals surface area contributed by atoms with E-state index in [9.17, 15) is 14.7 Å². The van der Waals surface area contributed by atoms with Crippen LogP contribution in [0, 0.1) is 28.6 Å². The van der Waals surface area contributed by atoms with Crippen LogP contribution in [0.2, 0.25) is 0 Å². The first-order valence-corrected chi connectivity index (χ1v) is 12.5. The maximum atomic E-state index is 13.0. The first-order chi connectivity index (χ1) is 15.4. The van der Waals surface area contributed by atoms with Crippen LogP contribution in [-0.4, -0.2) is 23.3 Å². The molecule has 0 heterocycles. The Kier molecular flexibility index (Phi) is 6.33. The molecular weight excluding hydrogens is 396 g/mol. The van der Waals surface area contributed by atoms with Gasteiger partial charge in [0.05, 0.1) is 0 Å². The van der Waals surface area contributed by atoms with E-state index in [1.165, 1.54) is 16.7 Å². The van der Waals surface area contributed by atoms with Crippen molar-refractivity contribution >= 4 is 11.6 Å². The van der Waals surface area contributed by atoms with Crippen LogP contribution in [-0.2, 0) is 9.59 Å². The highest BCUT2D eigenvalue weighted by molar-refractivity contribution is 5.92. The van der Waals surface area contributed by atoms with Crippen molar-refractivity contribution in [3.8, 4) is 0 Å². The molecule has 0 amide bonds. The van der Waals surface area contributed by atoms with Crippen molar-refractivity contribution in [1.82, 2.24) is 0 Å². The fourth-order valence-corrected chi connectivity index (χ4v) is 7.63. The Labute approximate surface area is 193 Å². The summed E-state index contributed by atoms with van der Waals surface area (Å²) in [6, 6.07) is 10.4. The van der Waals surface area contributed by atoms with Crippen LogP contribution in [0.1, 0.15) is 77.7 Å². The summed E-state index contributed by atoms with van der Waals surface area (Å²) in [7, 11) is 0. The molecule has 0 spiro atoms. The number of rotatable bonds is 3. The Hall–Kier alpha value is -2.00. The lowest BCUT2D eigenvalue weighted by atomic mass is 9.51. The van der Waals surface area contributed by atoms with Gasteiger partial charge >= 0.3 is 0 Å². The SMILES string of the molecule is CC.CC12CCC(=O)C=C1CCC1C2=CCC2(C)C1CC(c1ccccc1)C2C(=O)CO. The lowest BCUT2D eigenvalue weighted by Gasteiger charge is -2.53. The molecule has 6 atom stereocenters. The number of hydrogen-bond acceptors (Lipinski definition) is 3. The highest BCUT2D eigenvalue weighted by Gasteiger charge is 2.60. The second kappa shape index (κ2) is 8.74. The molecule has 0 bridgehead atoms. The van der Waals surface area contributed by atoms with Crippen LogP contribution in [0.5, 0.6) is 0 Å². The van der Waals surface area contributed by atoms with Gasteiger partial charge in [0.25, 0.3) is 0 Å². The minimum absolute atomic E-state index is 0.00317. The Morgan fingerprint density at radius 1 is 1.09 bits per heavy atom. The van der Waals surface area contributed by atoms with Crippen molar-refractivity contribution in [3.63, 3.8) is 0 Å². The molecule has 4 aliphatic rings. The van der Waals surface area contributed by atoms with Crippen LogP contribution in [0.15, 0.2) is 53.6 Å². The van der Waals surface area contributed by atoms with Gasteiger partial charge in [-0.05, 0) is 66.9 Å². The third kappa shape index (κ3) is 3.44. The van der Waals surface area contributed by atoms with Crippen molar-refractivity contribution in [3.05, 3.63) is 59.2 Å². The minimum Gasteiger partial charge on any atom is -0.389 e. The molecule has 2 fully saturated rings. The molecule has 172 valence electrons. The lowest BCUT2D eigenvalue weighted by molar-refractivity contribution is -0.130. The van der Waals surface area contributed by atoms with E-state index in [1.807, 2.05) is 26.0 Å². The van der Waals surface area contributed by atoms with Crippen LogP contribution >= 0.6 is 0 Å². The molecular formula is C29H38O3. The van der Waals surface area contributed by atoms with Gasteiger partial charge in [-0.15, -0.1) is 0 Å². The van der Waals surface area contributed by atoms with Crippen molar-refractivity contribution in [2.45, 2.75) is 72.1 Å². The van der Waals surface area contributed by atoms with E-state index in [-0.39, 0.29) is 40.8 Å². The normalized spacial score (nSPS) is 37.7. The van der Waals surface area contributed by atoms with Crippen molar-refractivity contribution in [1.29, 1.82) is 0 Å². The number of aliphatic hydroxyl groups excluding tert-OH is 1. The Bertz CT molecular complexity index is 942.